The lowest BCUT2D eigenvalue weighted by atomic mass is 10.2. The van der Waals surface area contributed by atoms with Gasteiger partial charge in [-0.3, -0.25) is 4.79 Å². The molecule has 0 aliphatic heterocycles. The minimum Gasteiger partial charge on any atom is -0.391 e. The van der Waals surface area contributed by atoms with Crippen LogP contribution in [0.1, 0.15) is 21.7 Å². The Labute approximate surface area is 169 Å². The fourth-order valence-corrected chi connectivity index (χ4v) is 3.37. The lowest BCUT2D eigenvalue weighted by Crippen LogP contribution is -1.97. The molecule has 0 aliphatic carbocycles. The van der Waals surface area contributed by atoms with Gasteiger partial charge in [-0.1, -0.05) is 46.6 Å². The van der Waals surface area contributed by atoms with Gasteiger partial charge in [0.25, 0.3) is 0 Å². The lowest BCUT2D eigenvalue weighted by Gasteiger charge is -2.02. The molecule has 3 rings (SSSR count). The maximum Gasteiger partial charge on any atom is 0.179 e. The number of nitrogens with zero attached hydrogens (tertiary/aromatic N) is 2. The molecule has 0 amide bonds. The van der Waals surface area contributed by atoms with Crippen LogP contribution in [0.15, 0.2) is 53.8 Å². The number of rotatable bonds is 7. The highest BCUT2D eigenvalue weighted by Crippen LogP contribution is 2.27. The SMILES string of the molecule is O=C(C/C=N/OCc1ccc(F)cc1Cl)c1cnc(-c2ccc(Cl)cc2)s1. The number of benzene rings is 2. The molecular weight excluding hydrogens is 410 g/mol. The van der Waals surface area contributed by atoms with Crippen molar-refractivity contribution in [1.29, 1.82) is 0 Å². The average Bonchev–Trinajstić information content (AvgIpc) is 3.14. The number of halogens is 3. The molecule has 1 heterocycles. The van der Waals surface area contributed by atoms with E-state index in [4.69, 9.17) is 28.0 Å². The first-order valence-electron chi connectivity index (χ1n) is 7.85. The van der Waals surface area contributed by atoms with Gasteiger partial charge >= 0.3 is 0 Å². The second kappa shape index (κ2) is 9.08. The van der Waals surface area contributed by atoms with Crippen LogP contribution < -0.4 is 0 Å². The predicted molar refractivity (Wildman–Crippen MR) is 106 cm³/mol. The molecule has 2 aromatic carbocycles. The van der Waals surface area contributed by atoms with Crippen molar-refractivity contribution in [2.75, 3.05) is 0 Å². The molecule has 0 spiro atoms. The normalized spacial score (nSPS) is 11.1. The number of oxime groups is 1. The van der Waals surface area contributed by atoms with Gasteiger partial charge in [-0.2, -0.15) is 0 Å². The van der Waals surface area contributed by atoms with E-state index < -0.39 is 5.82 Å². The second-order valence-electron chi connectivity index (χ2n) is 5.46. The number of ketones is 1. The Kier molecular flexibility index (Phi) is 6.55. The van der Waals surface area contributed by atoms with Crippen molar-refractivity contribution in [3.63, 3.8) is 0 Å². The number of thiazole rings is 1. The molecule has 3 aromatic rings. The molecule has 0 fully saturated rings. The zero-order valence-electron chi connectivity index (χ0n) is 13.9. The Morgan fingerprint density at radius 2 is 2.00 bits per heavy atom. The Morgan fingerprint density at radius 1 is 1.22 bits per heavy atom. The Bertz CT molecular complexity index is 974. The van der Waals surface area contributed by atoms with Crippen molar-refractivity contribution in [3.05, 3.63) is 75.0 Å². The van der Waals surface area contributed by atoms with E-state index in [-0.39, 0.29) is 23.8 Å². The van der Waals surface area contributed by atoms with Crippen LogP contribution in [-0.4, -0.2) is 17.0 Å². The van der Waals surface area contributed by atoms with Crippen LogP contribution in [0.3, 0.4) is 0 Å². The first-order valence-corrected chi connectivity index (χ1v) is 9.43. The summed E-state index contributed by atoms with van der Waals surface area (Å²) >= 11 is 13.1. The molecule has 0 N–H and O–H groups in total. The Hall–Kier alpha value is -2.28. The van der Waals surface area contributed by atoms with E-state index in [1.165, 1.54) is 35.8 Å². The quantitative estimate of drug-likeness (QED) is 0.265. The van der Waals surface area contributed by atoms with Crippen molar-refractivity contribution in [2.45, 2.75) is 13.0 Å². The van der Waals surface area contributed by atoms with Gasteiger partial charge in [-0.25, -0.2) is 9.37 Å². The van der Waals surface area contributed by atoms with Crippen LogP contribution in [0.25, 0.3) is 10.6 Å². The molecule has 138 valence electrons. The van der Waals surface area contributed by atoms with E-state index in [2.05, 4.69) is 10.1 Å². The van der Waals surface area contributed by atoms with E-state index in [0.29, 0.717) is 15.5 Å². The fraction of sp³-hybridized carbons (Fsp3) is 0.105. The topological polar surface area (TPSA) is 51.5 Å². The summed E-state index contributed by atoms with van der Waals surface area (Å²) in [5, 5.41) is 5.39. The van der Waals surface area contributed by atoms with Crippen LogP contribution >= 0.6 is 34.5 Å². The minimum absolute atomic E-state index is 0.0827. The van der Waals surface area contributed by atoms with Gasteiger partial charge in [0.15, 0.2) is 5.78 Å². The zero-order valence-corrected chi connectivity index (χ0v) is 16.2. The number of aromatic nitrogens is 1. The Balaban J connectivity index is 1.52. The monoisotopic (exact) mass is 422 g/mol. The summed E-state index contributed by atoms with van der Waals surface area (Å²) < 4.78 is 13.0. The van der Waals surface area contributed by atoms with E-state index in [1.807, 2.05) is 12.1 Å². The third-order valence-corrected chi connectivity index (χ3v) is 5.22. The van der Waals surface area contributed by atoms with Gasteiger partial charge in [0.2, 0.25) is 0 Å². The zero-order chi connectivity index (χ0) is 19.2. The maximum absolute atomic E-state index is 13.0. The van der Waals surface area contributed by atoms with Gasteiger partial charge in [0, 0.05) is 22.3 Å². The number of carbonyl (C=O) groups excluding carboxylic acids is 1. The van der Waals surface area contributed by atoms with Crippen LogP contribution in [-0.2, 0) is 11.4 Å². The van der Waals surface area contributed by atoms with E-state index in [9.17, 15) is 9.18 Å². The first-order chi connectivity index (χ1) is 13.0. The molecule has 1 aromatic heterocycles. The van der Waals surface area contributed by atoms with Crippen LogP contribution in [0, 0.1) is 5.82 Å². The van der Waals surface area contributed by atoms with Gasteiger partial charge in [-0.15, -0.1) is 11.3 Å². The summed E-state index contributed by atoms with van der Waals surface area (Å²) in [6, 6.07) is 11.3. The molecule has 27 heavy (non-hydrogen) atoms. The van der Waals surface area contributed by atoms with Gasteiger partial charge in [-0.05, 0) is 24.3 Å². The highest BCUT2D eigenvalue weighted by atomic mass is 35.5. The third-order valence-electron chi connectivity index (χ3n) is 3.53. The average molecular weight is 423 g/mol. The number of carbonyl (C=O) groups is 1. The first kappa shape index (κ1) is 19.5. The van der Waals surface area contributed by atoms with Crippen molar-refractivity contribution in [3.8, 4) is 10.6 Å². The molecule has 0 bridgehead atoms. The number of hydrogen-bond donors (Lipinski definition) is 0. The molecule has 0 unspecified atom stereocenters. The van der Waals surface area contributed by atoms with E-state index >= 15 is 0 Å². The summed E-state index contributed by atoms with van der Waals surface area (Å²) in [6.07, 6.45) is 3.00. The Morgan fingerprint density at radius 3 is 2.74 bits per heavy atom. The van der Waals surface area contributed by atoms with Gasteiger partial charge in [0.1, 0.15) is 17.4 Å². The molecule has 0 aliphatic rings. The molecule has 4 nitrogen and oxygen atoms in total. The molecule has 0 atom stereocenters. The van der Waals surface area contributed by atoms with Crippen molar-refractivity contribution >= 4 is 46.5 Å². The molecular formula is C19H13Cl2FN2O2S. The third kappa shape index (κ3) is 5.35. The number of Topliss-reactive ketones (excluding diaryl/α,β-unsaturated/α-hetero) is 1. The summed E-state index contributed by atoms with van der Waals surface area (Å²) in [6.45, 7) is 0.0884. The van der Waals surface area contributed by atoms with Crippen LogP contribution in [0.2, 0.25) is 10.0 Å². The predicted octanol–water partition coefficient (Wildman–Crippen LogP) is 6.03. The summed E-state index contributed by atoms with van der Waals surface area (Å²) in [7, 11) is 0. The van der Waals surface area contributed by atoms with E-state index in [0.717, 1.165) is 10.6 Å². The van der Waals surface area contributed by atoms with Crippen molar-refractivity contribution in [2.24, 2.45) is 5.16 Å². The molecule has 0 saturated carbocycles. The molecule has 0 saturated heterocycles. The second-order valence-corrected chi connectivity index (χ2v) is 7.34. The van der Waals surface area contributed by atoms with Crippen molar-refractivity contribution < 1.29 is 14.0 Å². The highest BCUT2D eigenvalue weighted by Gasteiger charge is 2.11. The minimum atomic E-state index is -0.416. The highest BCUT2D eigenvalue weighted by molar-refractivity contribution is 7.17. The number of hydrogen-bond acceptors (Lipinski definition) is 5. The fourth-order valence-electron chi connectivity index (χ4n) is 2.15. The summed E-state index contributed by atoms with van der Waals surface area (Å²) in [5.74, 6) is -0.528. The van der Waals surface area contributed by atoms with E-state index in [1.54, 1.807) is 18.3 Å². The standard InChI is InChI=1S/C19H13Cl2FN2O2S/c20-14-4-1-12(2-5-14)19-23-10-18(27-19)17(25)7-8-24-26-11-13-3-6-15(22)9-16(13)21/h1-6,8-10H,7,11H2/b24-8+. The summed E-state index contributed by atoms with van der Waals surface area (Å²) in [4.78, 5) is 22.1. The van der Waals surface area contributed by atoms with Gasteiger partial charge in [0.05, 0.1) is 22.5 Å². The van der Waals surface area contributed by atoms with Crippen LogP contribution in [0.4, 0.5) is 4.39 Å². The lowest BCUT2D eigenvalue weighted by molar-refractivity contribution is 0.0999. The summed E-state index contributed by atoms with van der Waals surface area (Å²) in [5.41, 5.74) is 1.51. The smallest absolute Gasteiger partial charge is 0.179 e. The van der Waals surface area contributed by atoms with Gasteiger partial charge < -0.3 is 4.84 Å². The largest absolute Gasteiger partial charge is 0.391 e. The maximum atomic E-state index is 13.0. The molecule has 0 radical (unpaired) electrons. The van der Waals surface area contributed by atoms with Crippen molar-refractivity contribution in [1.82, 2.24) is 4.98 Å². The van der Waals surface area contributed by atoms with Crippen LogP contribution in [0.5, 0.6) is 0 Å². The molecule has 8 heteroatoms.